The van der Waals surface area contributed by atoms with Crippen LogP contribution in [0.25, 0.3) is 0 Å². The highest BCUT2D eigenvalue weighted by atomic mass is 19.4. The first kappa shape index (κ1) is 16.3. The highest BCUT2D eigenvalue weighted by Crippen LogP contribution is 2.29. The summed E-state index contributed by atoms with van der Waals surface area (Å²) in [6.07, 6.45) is -2.50. The van der Waals surface area contributed by atoms with Gasteiger partial charge in [0.05, 0.1) is 13.2 Å². The minimum absolute atomic E-state index is 0.371. The lowest BCUT2D eigenvalue weighted by molar-refractivity contribution is -0.147. The summed E-state index contributed by atoms with van der Waals surface area (Å²) in [5.74, 6) is 0.371. The van der Waals surface area contributed by atoms with E-state index in [0.29, 0.717) is 32.2 Å². The van der Waals surface area contributed by atoms with Gasteiger partial charge in [-0.1, -0.05) is 24.3 Å². The predicted molar refractivity (Wildman–Crippen MR) is 76.2 cm³/mol. The maximum atomic E-state index is 12.4. The number of hydrogen-bond donors (Lipinski definition) is 0. The molecule has 1 aromatic carbocycles. The Balaban J connectivity index is 1.84. The zero-order valence-corrected chi connectivity index (χ0v) is 12.3. The maximum Gasteiger partial charge on any atom is 0.401 e. The number of halogens is 3. The van der Waals surface area contributed by atoms with E-state index >= 15 is 0 Å². The Kier molecular flexibility index (Phi) is 5.65. The Morgan fingerprint density at radius 3 is 2.29 bits per heavy atom. The standard InChI is InChI=1S/C16H22F3NO/c1-2-21-11-13-3-5-14(6-4-13)15-7-9-20(10-8-15)12-16(17,18)19/h3-6,15H,2,7-12H2,1H3. The normalized spacial score (nSPS) is 18.1. The largest absolute Gasteiger partial charge is 0.401 e. The predicted octanol–water partition coefficient (Wildman–Crippen LogP) is 3.96. The van der Waals surface area contributed by atoms with Crippen LogP contribution in [0.4, 0.5) is 13.2 Å². The van der Waals surface area contributed by atoms with E-state index in [1.165, 1.54) is 10.5 Å². The molecule has 1 aliphatic heterocycles. The number of piperidine rings is 1. The number of ether oxygens (including phenoxy) is 1. The third-order valence-corrected chi connectivity index (χ3v) is 3.91. The minimum atomic E-state index is -4.09. The molecule has 2 nitrogen and oxygen atoms in total. The van der Waals surface area contributed by atoms with Gasteiger partial charge in [0.1, 0.15) is 0 Å². The van der Waals surface area contributed by atoms with E-state index in [-0.39, 0.29) is 0 Å². The quantitative estimate of drug-likeness (QED) is 0.816. The molecule has 2 rings (SSSR count). The van der Waals surface area contributed by atoms with Crippen molar-refractivity contribution in [3.05, 3.63) is 35.4 Å². The van der Waals surface area contributed by atoms with Gasteiger partial charge in [-0.15, -0.1) is 0 Å². The van der Waals surface area contributed by atoms with Crippen LogP contribution in [0.5, 0.6) is 0 Å². The first-order chi connectivity index (χ1) is 9.98. The molecule has 0 aromatic heterocycles. The van der Waals surface area contributed by atoms with Crippen molar-refractivity contribution in [2.24, 2.45) is 0 Å². The second kappa shape index (κ2) is 7.27. The second-order valence-corrected chi connectivity index (χ2v) is 5.54. The van der Waals surface area contributed by atoms with Crippen LogP contribution in [0.2, 0.25) is 0 Å². The van der Waals surface area contributed by atoms with Crippen molar-refractivity contribution in [2.45, 2.75) is 38.5 Å². The molecule has 118 valence electrons. The van der Waals surface area contributed by atoms with E-state index in [0.717, 1.165) is 18.4 Å². The smallest absolute Gasteiger partial charge is 0.377 e. The van der Waals surface area contributed by atoms with Gasteiger partial charge in [0.25, 0.3) is 0 Å². The van der Waals surface area contributed by atoms with Crippen molar-refractivity contribution in [3.63, 3.8) is 0 Å². The fourth-order valence-corrected chi connectivity index (χ4v) is 2.78. The average Bonchev–Trinajstić information content (AvgIpc) is 2.45. The summed E-state index contributed by atoms with van der Waals surface area (Å²) in [5.41, 5.74) is 2.36. The zero-order chi connectivity index (χ0) is 15.3. The first-order valence-electron chi connectivity index (χ1n) is 7.43. The van der Waals surface area contributed by atoms with Gasteiger partial charge in [-0.05, 0) is 49.9 Å². The van der Waals surface area contributed by atoms with Gasteiger partial charge in [0.15, 0.2) is 0 Å². The summed E-state index contributed by atoms with van der Waals surface area (Å²) in [5, 5.41) is 0. The summed E-state index contributed by atoms with van der Waals surface area (Å²) in [4.78, 5) is 1.50. The molecule has 0 amide bonds. The van der Waals surface area contributed by atoms with Crippen LogP contribution in [0, 0.1) is 0 Å². The number of benzene rings is 1. The Bertz CT molecular complexity index is 422. The van der Waals surface area contributed by atoms with Crippen LogP contribution in [0.15, 0.2) is 24.3 Å². The molecular weight excluding hydrogens is 279 g/mol. The lowest BCUT2D eigenvalue weighted by Crippen LogP contribution is -2.39. The molecule has 1 saturated heterocycles. The molecule has 0 unspecified atom stereocenters. The van der Waals surface area contributed by atoms with Gasteiger partial charge in [0, 0.05) is 6.61 Å². The van der Waals surface area contributed by atoms with Crippen molar-refractivity contribution < 1.29 is 17.9 Å². The number of alkyl halides is 3. The van der Waals surface area contributed by atoms with Crippen molar-refractivity contribution in [2.75, 3.05) is 26.2 Å². The van der Waals surface area contributed by atoms with Crippen LogP contribution in [-0.2, 0) is 11.3 Å². The molecule has 0 atom stereocenters. The summed E-state index contributed by atoms with van der Waals surface area (Å²) in [6.45, 7) is 3.52. The topological polar surface area (TPSA) is 12.5 Å². The summed E-state index contributed by atoms with van der Waals surface area (Å²) >= 11 is 0. The molecule has 1 aromatic rings. The van der Waals surface area contributed by atoms with E-state index in [1.807, 2.05) is 19.1 Å². The Morgan fingerprint density at radius 2 is 1.76 bits per heavy atom. The molecule has 0 bridgehead atoms. The number of rotatable bonds is 5. The number of nitrogens with zero attached hydrogens (tertiary/aromatic N) is 1. The van der Waals surface area contributed by atoms with E-state index in [1.54, 1.807) is 0 Å². The molecule has 1 aliphatic rings. The van der Waals surface area contributed by atoms with Crippen molar-refractivity contribution in [3.8, 4) is 0 Å². The van der Waals surface area contributed by atoms with E-state index in [9.17, 15) is 13.2 Å². The van der Waals surface area contributed by atoms with Crippen LogP contribution in [0.3, 0.4) is 0 Å². The van der Waals surface area contributed by atoms with Crippen LogP contribution < -0.4 is 0 Å². The molecule has 1 fully saturated rings. The Hall–Kier alpha value is -1.07. The molecule has 1 heterocycles. The van der Waals surface area contributed by atoms with Gasteiger partial charge in [-0.2, -0.15) is 13.2 Å². The fraction of sp³-hybridized carbons (Fsp3) is 0.625. The van der Waals surface area contributed by atoms with Crippen LogP contribution in [-0.4, -0.2) is 37.3 Å². The molecule has 0 spiro atoms. The molecule has 0 saturated carbocycles. The van der Waals surface area contributed by atoms with Gasteiger partial charge in [0.2, 0.25) is 0 Å². The monoisotopic (exact) mass is 301 g/mol. The van der Waals surface area contributed by atoms with Gasteiger partial charge in [-0.3, -0.25) is 4.90 Å². The SMILES string of the molecule is CCOCc1ccc(C2CCN(CC(F)(F)F)CC2)cc1. The van der Waals surface area contributed by atoms with Gasteiger partial charge in [-0.25, -0.2) is 0 Å². The van der Waals surface area contributed by atoms with E-state index in [2.05, 4.69) is 12.1 Å². The molecule has 21 heavy (non-hydrogen) atoms. The molecule has 0 N–H and O–H groups in total. The van der Waals surface area contributed by atoms with E-state index < -0.39 is 12.7 Å². The highest BCUT2D eigenvalue weighted by Gasteiger charge is 2.32. The summed E-state index contributed by atoms with van der Waals surface area (Å²) in [6, 6.07) is 8.26. The lowest BCUT2D eigenvalue weighted by Gasteiger charge is -2.32. The lowest BCUT2D eigenvalue weighted by atomic mass is 9.89. The van der Waals surface area contributed by atoms with Crippen LogP contribution >= 0.6 is 0 Å². The fourth-order valence-electron chi connectivity index (χ4n) is 2.78. The van der Waals surface area contributed by atoms with Crippen molar-refractivity contribution in [1.82, 2.24) is 4.90 Å². The number of likely N-dealkylation sites (tertiary alicyclic amines) is 1. The summed E-state index contributed by atoms with van der Waals surface area (Å²) in [7, 11) is 0. The molecule has 0 radical (unpaired) electrons. The van der Waals surface area contributed by atoms with Crippen LogP contribution in [0.1, 0.15) is 36.8 Å². The maximum absolute atomic E-state index is 12.4. The molecule has 0 aliphatic carbocycles. The van der Waals surface area contributed by atoms with Crippen molar-refractivity contribution >= 4 is 0 Å². The third kappa shape index (κ3) is 5.32. The molecule has 5 heteroatoms. The highest BCUT2D eigenvalue weighted by molar-refractivity contribution is 5.25. The number of hydrogen-bond acceptors (Lipinski definition) is 2. The minimum Gasteiger partial charge on any atom is -0.377 e. The summed E-state index contributed by atoms with van der Waals surface area (Å²) < 4.78 is 42.4. The zero-order valence-electron chi connectivity index (χ0n) is 12.3. The van der Waals surface area contributed by atoms with E-state index in [4.69, 9.17) is 4.74 Å². The third-order valence-electron chi connectivity index (χ3n) is 3.91. The Labute approximate surface area is 123 Å². The average molecular weight is 301 g/mol. The van der Waals surface area contributed by atoms with Gasteiger partial charge < -0.3 is 4.74 Å². The second-order valence-electron chi connectivity index (χ2n) is 5.54. The van der Waals surface area contributed by atoms with Crippen molar-refractivity contribution in [1.29, 1.82) is 0 Å². The molecular formula is C16H22F3NO. The first-order valence-corrected chi connectivity index (χ1v) is 7.43. The Morgan fingerprint density at radius 1 is 1.14 bits per heavy atom. The van der Waals surface area contributed by atoms with Gasteiger partial charge >= 0.3 is 6.18 Å².